The fourth-order valence-corrected chi connectivity index (χ4v) is 3.67. The highest BCUT2D eigenvalue weighted by Gasteiger charge is 2.11. The molecule has 33 heavy (non-hydrogen) atoms. The number of fused-ring (bicyclic) bond motifs is 1. The van der Waals surface area contributed by atoms with Crippen LogP contribution in [0.4, 0.5) is 0 Å². The lowest BCUT2D eigenvalue weighted by Crippen LogP contribution is -2.25. The maximum absolute atomic E-state index is 11.7. The van der Waals surface area contributed by atoms with Gasteiger partial charge in [-0.3, -0.25) is 4.79 Å². The van der Waals surface area contributed by atoms with Crippen LogP contribution in [0.3, 0.4) is 0 Å². The predicted octanol–water partition coefficient (Wildman–Crippen LogP) is 5.17. The average molecular weight is 448 g/mol. The fraction of sp³-hybridized carbons (Fsp3) is 0.333. The highest BCUT2D eigenvalue weighted by atomic mass is 16.5. The maximum Gasteiger partial charge on any atom is 0.246 e. The van der Waals surface area contributed by atoms with E-state index in [0.29, 0.717) is 18.7 Å². The molecule has 1 aromatic heterocycles. The first kappa shape index (κ1) is 24.1. The summed E-state index contributed by atoms with van der Waals surface area (Å²) >= 11 is 0. The van der Waals surface area contributed by atoms with Crippen LogP contribution < -0.4 is 14.8 Å². The van der Waals surface area contributed by atoms with Crippen LogP contribution in [0.1, 0.15) is 38.1 Å². The minimum atomic E-state index is -0.102. The van der Waals surface area contributed by atoms with Gasteiger partial charge in [-0.05, 0) is 56.5 Å². The molecule has 1 N–H and O–H groups in total. The van der Waals surface area contributed by atoms with Crippen molar-refractivity contribution in [2.24, 2.45) is 0 Å². The average Bonchev–Trinajstić information content (AvgIpc) is 3.17. The van der Waals surface area contributed by atoms with Crippen molar-refractivity contribution < 1.29 is 14.3 Å². The lowest BCUT2D eigenvalue weighted by Gasteiger charge is -2.13. The monoisotopic (exact) mass is 447 g/mol. The Kier molecular flexibility index (Phi) is 8.70. The number of aryl methyl sites for hydroxylation is 2. The van der Waals surface area contributed by atoms with Crippen LogP contribution in [-0.4, -0.2) is 35.7 Å². The molecule has 3 aromatic rings. The van der Waals surface area contributed by atoms with Gasteiger partial charge in [-0.25, -0.2) is 4.98 Å². The van der Waals surface area contributed by atoms with Crippen LogP contribution in [0.25, 0.3) is 17.1 Å². The van der Waals surface area contributed by atoms with Gasteiger partial charge in [0.1, 0.15) is 5.82 Å². The normalized spacial score (nSPS) is 11.1. The summed E-state index contributed by atoms with van der Waals surface area (Å²) in [5, 5.41) is 2.89. The number of methoxy groups -OCH3 is 1. The second kappa shape index (κ2) is 11.9. The molecule has 6 heteroatoms. The number of hydrogen-bond donors (Lipinski definition) is 1. The number of benzene rings is 2. The van der Waals surface area contributed by atoms with Crippen LogP contribution in [0.5, 0.6) is 11.5 Å². The summed E-state index contributed by atoms with van der Waals surface area (Å²) in [7, 11) is 1.66. The lowest BCUT2D eigenvalue weighted by atomic mass is 10.2. The first-order valence-corrected chi connectivity index (χ1v) is 11.3. The van der Waals surface area contributed by atoms with Crippen LogP contribution in [0.15, 0.2) is 60.7 Å². The molecule has 1 amide bonds. The largest absolute Gasteiger partial charge is 0.493 e. The van der Waals surface area contributed by atoms with Crippen LogP contribution in [-0.2, 0) is 17.8 Å². The molecular formula is C27H33N3O3. The Hall–Kier alpha value is -3.54. The number of carbonyl (C=O) groups is 1. The molecule has 3 rings (SSSR count). The minimum Gasteiger partial charge on any atom is -0.493 e. The molecule has 0 unspecified atom stereocenters. The van der Waals surface area contributed by atoms with E-state index in [1.807, 2.05) is 55.5 Å². The number of nitrogens with zero attached hydrogens (tertiary/aromatic N) is 2. The van der Waals surface area contributed by atoms with Gasteiger partial charge in [0.2, 0.25) is 5.91 Å². The molecule has 0 aliphatic rings. The minimum absolute atomic E-state index is 0.102. The number of aromatic nitrogens is 2. The number of allylic oxidation sites excluding steroid dienone is 1. The topological polar surface area (TPSA) is 65.4 Å². The maximum atomic E-state index is 11.7. The first-order valence-electron chi connectivity index (χ1n) is 11.3. The summed E-state index contributed by atoms with van der Waals surface area (Å²) in [6.07, 6.45) is 6.46. The van der Waals surface area contributed by atoms with Gasteiger partial charge in [-0.15, -0.1) is 0 Å². The van der Waals surface area contributed by atoms with Gasteiger partial charge in [-0.1, -0.05) is 36.9 Å². The van der Waals surface area contributed by atoms with Crippen molar-refractivity contribution in [3.05, 3.63) is 72.1 Å². The Morgan fingerprint density at radius 3 is 2.76 bits per heavy atom. The Bertz CT molecular complexity index is 1130. The third-order valence-corrected chi connectivity index (χ3v) is 5.31. The summed E-state index contributed by atoms with van der Waals surface area (Å²) in [6.45, 7) is 9.34. The van der Waals surface area contributed by atoms with Crippen LogP contribution >= 0.6 is 0 Å². The quantitative estimate of drug-likeness (QED) is 0.307. The van der Waals surface area contributed by atoms with E-state index in [0.717, 1.165) is 59.7 Å². The number of hydrogen-bond acceptors (Lipinski definition) is 4. The van der Waals surface area contributed by atoms with Crippen LogP contribution in [0, 0.1) is 0 Å². The van der Waals surface area contributed by atoms with Crippen molar-refractivity contribution in [2.75, 3.05) is 20.3 Å². The summed E-state index contributed by atoms with van der Waals surface area (Å²) < 4.78 is 13.8. The Morgan fingerprint density at radius 2 is 2.00 bits per heavy atom. The van der Waals surface area contributed by atoms with Gasteiger partial charge >= 0.3 is 0 Å². The SMILES string of the molecule is C=C(C)C(=O)NCCCc1nc2ccccc2n1CCCOc1ccc(/C=C/C)cc1OC. The van der Waals surface area contributed by atoms with Gasteiger partial charge in [0.25, 0.3) is 0 Å². The zero-order valence-corrected chi connectivity index (χ0v) is 19.8. The van der Waals surface area contributed by atoms with Gasteiger partial charge in [-0.2, -0.15) is 0 Å². The molecule has 0 fully saturated rings. The number of imidazole rings is 1. The molecule has 2 aromatic carbocycles. The molecular weight excluding hydrogens is 414 g/mol. The predicted molar refractivity (Wildman–Crippen MR) is 134 cm³/mol. The van der Waals surface area contributed by atoms with Crippen molar-refractivity contribution >= 4 is 23.0 Å². The van der Waals surface area contributed by atoms with Crippen molar-refractivity contribution in [1.82, 2.24) is 14.9 Å². The Morgan fingerprint density at radius 1 is 1.18 bits per heavy atom. The molecule has 0 atom stereocenters. The molecule has 0 aliphatic heterocycles. The number of carbonyl (C=O) groups excluding carboxylic acids is 1. The standard InChI is InChI=1S/C27H33N3O3/c1-5-10-21-14-15-24(25(19-21)32-4)33-18-9-17-30-23-12-7-6-11-22(23)29-26(30)13-8-16-28-27(31)20(2)3/h5-7,10-12,14-15,19H,2,8-9,13,16-18H2,1,3-4H3,(H,28,31)/b10-5+. The number of rotatable bonds is 12. The van der Waals surface area contributed by atoms with Crippen molar-refractivity contribution in [1.29, 1.82) is 0 Å². The summed E-state index contributed by atoms with van der Waals surface area (Å²) in [4.78, 5) is 16.5. The number of amides is 1. The van der Waals surface area contributed by atoms with E-state index < -0.39 is 0 Å². The number of nitrogens with one attached hydrogen (secondary N) is 1. The molecule has 6 nitrogen and oxygen atoms in total. The fourth-order valence-electron chi connectivity index (χ4n) is 3.67. The zero-order valence-electron chi connectivity index (χ0n) is 19.8. The third-order valence-electron chi connectivity index (χ3n) is 5.31. The summed E-state index contributed by atoms with van der Waals surface area (Å²) in [6, 6.07) is 14.1. The second-order valence-corrected chi connectivity index (χ2v) is 7.92. The molecule has 174 valence electrons. The molecule has 0 bridgehead atoms. The van der Waals surface area contributed by atoms with E-state index in [4.69, 9.17) is 14.5 Å². The van der Waals surface area contributed by atoms with Crippen molar-refractivity contribution in [2.45, 2.75) is 39.7 Å². The first-order chi connectivity index (χ1) is 16.0. The molecule has 0 spiro atoms. The summed E-state index contributed by atoms with van der Waals surface area (Å²) in [5.41, 5.74) is 3.71. The summed E-state index contributed by atoms with van der Waals surface area (Å²) in [5.74, 6) is 2.40. The Balaban J connectivity index is 1.61. The third kappa shape index (κ3) is 6.48. The highest BCUT2D eigenvalue weighted by Crippen LogP contribution is 2.29. The van der Waals surface area contributed by atoms with E-state index >= 15 is 0 Å². The van der Waals surface area contributed by atoms with Gasteiger partial charge < -0.3 is 19.4 Å². The van der Waals surface area contributed by atoms with Gasteiger partial charge in [0.15, 0.2) is 11.5 Å². The van der Waals surface area contributed by atoms with Gasteiger partial charge in [0.05, 0.1) is 24.8 Å². The Labute approximate surface area is 195 Å². The van der Waals surface area contributed by atoms with Crippen LogP contribution in [0.2, 0.25) is 0 Å². The molecule has 0 aliphatic carbocycles. The highest BCUT2D eigenvalue weighted by molar-refractivity contribution is 5.92. The smallest absolute Gasteiger partial charge is 0.246 e. The molecule has 0 saturated heterocycles. The molecule has 0 saturated carbocycles. The van der Waals surface area contributed by atoms with E-state index in [1.165, 1.54) is 0 Å². The number of ether oxygens (including phenoxy) is 2. The van der Waals surface area contributed by atoms with Crippen molar-refractivity contribution in [3.8, 4) is 11.5 Å². The van der Waals surface area contributed by atoms with Crippen molar-refractivity contribution in [3.63, 3.8) is 0 Å². The van der Waals surface area contributed by atoms with E-state index in [9.17, 15) is 4.79 Å². The van der Waals surface area contributed by atoms with E-state index in [-0.39, 0.29) is 5.91 Å². The zero-order chi connectivity index (χ0) is 23.6. The van der Waals surface area contributed by atoms with E-state index in [1.54, 1.807) is 14.0 Å². The molecule has 0 radical (unpaired) electrons. The second-order valence-electron chi connectivity index (χ2n) is 7.92. The van der Waals surface area contributed by atoms with E-state index in [2.05, 4.69) is 22.5 Å². The molecule has 1 heterocycles. The number of para-hydroxylation sites is 2. The van der Waals surface area contributed by atoms with Gasteiger partial charge in [0, 0.05) is 25.1 Å². The lowest BCUT2D eigenvalue weighted by molar-refractivity contribution is -0.117.